The molecule has 2 aromatic carbocycles. The Morgan fingerprint density at radius 1 is 0.974 bits per heavy atom. The van der Waals surface area contributed by atoms with Gasteiger partial charge < -0.3 is 19.3 Å². The number of hydrogen-bond donors (Lipinski definition) is 0. The van der Waals surface area contributed by atoms with Crippen LogP contribution in [0.4, 0.5) is 11.4 Å². The number of nitrogens with zero attached hydrogens (tertiary/aromatic N) is 4. The summed E-state index contributed by atoms with van der Waals surface area (Å²) in [6, 6.07) is 16.8. The summed E-state index contributed by atoms with van der Waals surface area (Å²) in [5.41, 5.74) is 3.27. The fraction of sp³-hybridized carbons (Fsp3) is 0.333. The molecule has 1 unspecified atom stereocenters. The molecule has 8 nitrogen and oxygen atoms in total. The highest BCUT2D eigenvalue weighted by Gasteiger charge is 2.25. The number of ether oxygens (including phenoxy) is 2. The minimum absolute atomic E-state index is 0.269. The summed E-state index contributed by atoms with van der Waals surface area (Å²) >= 11 is 6.24. The second kappa shape index (κ2) is 13.6. The fourth-order valence-corrected chi connectivity index (χ4v) is 4.81. The van der Waals surface area contributed by atoms with Gasteiger partial charge in [-0.1, -0.05) is 11.6 Å². The monoisotopic (exact) mass is 546 g/mol. The molecule has 1 saturated heterocycles. The van der Waals surface area contributed by atoms with Crippen molar-refractivity contribution in [3.05, 3.63) is 76.4 Å². The minimum atomic E-state index is 0.269. The SMILES string of the molecule is CC1CN(c2ccc(OCCCCCOc3ccc(C=O)c(C=O)c3)nc2)CCN1c1ccc(C#N)c(Cl)c1. The van der Waals surface area contributed by atoms with E-state index in [1.807, 2.05) is 30.5 Å². The summed E-state index contributed by atoms with van der Waals surface area (Å²) in [4.78, 5) is 31.1. The number of rotatable bonds is 12. The second-order valence-electron chi connectivity index (χ2n) is 9.40. The van der Waals surface area contributed by atoms with Gasteiger partial charge in [-0.2, -0.15) is 5.26 Å². The molecule has 1 atom stereocenters. The molecule has 0 aliphatic carbocycles. The standard InChI is InChI=1S/C30H31ClN4O4/c1-22-19-34(11-12-35(22)26-7-5-23(17-32)29(31)16-26)27-8-10-30(33-18-27)39-14-4-2-3-13-38-28-9-6-24(20-36)25(15-28)21-37/h5-10,15-16,18,20-22H,2-4,11-14,19H2,1H3. The molecule has 0 bridgehead atoms. The van der Waals surface area contributed by atoms with E-state index in [9.17, 15) is 9.59 Å². The molecule has 0 saturated carbocycles. The topological polar surface area (TPSA) is 95.8 Å². The number of nitriles is 1. The highest BCUT2D eigenvalue weighted by atomic mass is 35.5. The minimum Gasteiger partial charge on any atom is -0.494 e. The highest BCUT2D eigenvalue weighted by molar-refractivity contribution is 6.32. The lowest BCUT2D eigenvalue weighted by Gasteiger charge is -2.42. The molecule has 4 rings (SSSR count). The summed E-state index contributed by atoms with van der Waals surface area (Å²) < 4.78 is 11.5. The maximum absolute atomic E-state index is 11.1. The predicted octanol–water partition coefficient (Wildman–Crippen LogP) is 5.57. The first kappa shape index (κ1) is 27.9. The third-order valence-corrected chi connectivity index (χ3v) is 7.05. The summed E-state index contributed by atoms with van der Waals surface area (Å²) in [5.74, 6) is 1.18. The summed E-state index contributed by atoms with van der Waals surface area (Å²) in [6.07, 6.45) is 5.82. The predicted molar refractivity (Wildman–Crippen MR) is 151 cm³/mol. The van der Waals surface area contributed by atoms with E-state index in [1.54, 1.807) is 24.3 Å². The number of carbonyl (C=O) groups is 2. The number of anilines is 2. The molecule has 39 heavy (non-hydrogen) atoms. The number of aromatic nitrogens is 1. The molecule has 0 N–H and O–H groups in total. The Hall–Kier alpha value is -4.09. The first-order valence-electron chi connectivity index (χ1n) is 13.0. The Kier molecular flexibility index (Phi) is 9.76. The van der Waals surface area contributed by atoms with Gasteiger partial charge in [0.15, 0.2) is 12.6 Å². The van der Waals surface area contributed by atoms with Gasteiger partial charge in [0.05, 0.1) is 35.7 Å². The van der Waals surface area contributed by atoms with Crippen molar-refractivity contribution >= 4 is 35.5 Å². The van der Waals surface area contributed by atoms with Crippen LogP contribution in [0.25, 0.3) is 0 Å². The van der Waals surface area contributed by atoms with E-state index in [2.05, 4.69) is 27.8 Å². The van der Waals surface area contributed by atoms with Crippen molar-refractivity contribution in [1.29, 1.82) is 5.26 Å². The zero-order valence-electron chi connectivity index (χ0n) is 21.9. The Morgan fingerprint density at radius 2 is 1.74 bits per heavy atom. The number of hydrogen-bond acceptors (Lipinski definition) is 8. The molecule has 9 heteroatoms. The zero-order valence-corrected chi connectivity index (χ0v) is 22.6. The van der Waals surface area contributed by atoms with Crippen LogP contribution in [0.15, 0.2) is 54.7 Å². The zero-order chi connectivity index (χ0) is 27.6. The van der Waals surface area contributed by atoms with Gasteiger partial charge in [0.25, 0.3) is 0 Å². The van der Waals surface area contributed by atoms with Crippen molar-refractivity contribution in [2.45, 2.75) is 32.2 Å². The van der Waals surface area contributed by atoms with Crippen LogP contribution in [0, 0.1) is 11.3 Å². The fourth-order valence-electron chi connectivity index (χ4n) is 4.59. The average Bonchev–Trinajstić information content (AvgIpc) is 2.96. The second-order valence-corrected chi connectivity index (χ2v) is 9.81. The molecule has 0 amide bonds. The van der Waals surface area contributed by atoms with E-state index >= 15 is 0 Å². The van der Waals surface area contributed by atoms with Gasteiger partial charge in [-0.05, 0) is 68.7 Å². The molecule has 202 valence electrons. The van der Waals surface area contributed by atoms with Gasteiger partial charge in [0, 0.05) is 48.6 Å². The molecular weight excluding hydrogens is 516 g/mol. The highest BCUT2D eigenvalue weighted by Crippen LogP contribution is 2.28. The van der Waals surface area contributed by atoms with Crippen molar-refractivity contribution in [3.8, 4) is 17.7 Å². The summed E-state index contributed by atoms with van der Waals surface area (Å²) in [5, 5.41) is 9.60. The molecular formula is C30H31ClN4O4. The Labute approximate surface area is 233 Å². The maximum Gasteiger partial charge on any atom is 0.213 e. The van der Waals surface area contributed by atoms with Gasteiger partial charge in [-0.3, -0.25) is 9.59 Å². The number of halogens is 1. The van der Waals surface area contributed by atoms with E-state index < -0.39 is 0 Å². The molecule has 1 fully saturated rings. The number of unbranched alkanes of at least 4 members (excludes halogenated alkanes) is 2. The molecule has 0 radical (unpaired) electrons. The molecule has 0 spiro atoms. The van der Waals surface area contributed by atoms with Crippen LogP contribution < -0.4 is 19.3 Å². The largest absolute Gasteiger partial charge is 0.494 e. The molecule has 1 aliphatic rings. The first-order valence-corrected chi connectivity index (χ1v) is 13.4. The van der Waals surface area contributed by atoms with Crippen LogP contribution in [0.1, 0.15) is 52.5 Å². The number of benzene rings is 2. The lowest BCUT2D eigenvalue weighted by Crippen LogP contribution is -2.52. The van der Waals surface area contributed by atoms with Gasteiger partial charge in [-0.15, -0.1) is 0 Å². The Balaban J connectivity index is 1.16. The van der Waals surface area contributed by atoms with Crippen LogP contribution in [0.2, 0.25) is 5.02 Å². The third kappa shape index (κ3) is 7.27. The van der Waals surface area contributed by atoms with E-state index in [0.29, 0.717) is 59.1 Å². The summed E-state index contributed by atoms with van der Waals surface area (Å²) in [6.45, 7) is 5.81. The smallest absolute Gasteiger partial charge is 0.213 e. The van der Waals surface area contributed by atoms with Crippen molar-refractivity contribution < 1.29 is 19.1 Å². The van der Waals surface area contributed by atoms with Crippen LogP contribution in [-0.2, 0) is 0 Å². The van der Waals surface area contributed by atoms with Gasteiger partial charge >= 0.3 is 0 Å². The van der Waals surface area contributed by atoms with Crippen LogP contribution in [0.3, 0.4) is 0 Å². The van der Waals surface area contributed by atoms with Gasteiger partial charge in [0.1, 0.15) is 11.8 Å². The maximum atomic E-state index is 11.1. The lowest BCUT2D eigenvalue weighted by molar-refractivity contribution is 0.109. The summed E-state index contributed by atoms with van der Waals surface area (Å²) in [7, 11) is 0. The average molecular weight is 547 g/mol. The molecule has 1 aliphatic heterocycles. The Morgan fingerprint density at radius 3 is 2.41 bits per heavy atom. The molecule has 3 aromatic rings. The number of pyridine rings is 1. The van der Waals surface area contributed by atoms with Crippen LogP contribution in [-0.4, -0.2) is 56.4 Å². The lowest BCUT2D eigenvalue weighted by atomic mass is 10.1. The van der Waals surface area contributed by atoms with E-state index in [4.69, 9.17) is 26.3 Å². The van der Waals surface area contributed by atoms with Crippen molar-refractivity contribution in [2.75, 3.05) is 42.6 Å². The van der Waals surface area contributed by atoms with E-state index in [0.717, 1.165) is 50.3 Å². The van der Waals surface area contributed by atoms with Crippen LogP contribution in [0.5, 0.6) is 11.6 Å². The van der Waals surface area contributed by atoms with E-state index in [1.165, 1.54) is 0 Å². The van der Waals surface area contributed by atoms with E-state index in [-0.39, 0.29) is 6.04 Å². The number of carbonyl (C=O) groups excluding carboxylic acids is 2. The van der Waals surface area contributed by atoms with Gasteiger partial charge in [-0.25, -0.2) is 4.98 Å². The van der Waals surface area contributed by atoms with Crippen molar-refractivity contribution in [3.63, 3.8) is 0 Å². The normalized spacial score (nSPS) is 14.9. The van der Waals surface area contributed by atoms with Crippen molar-refractivity contribution in [1.82, 2.24) is 4.98 Å². The number of aldehydes is 2. The first-order chi connectivity index (χ1) is 19.0. The Bertz CT molecular complexity index is 1330. The third-order valence-electron chi connectivity index (χ3n) is 6.74. The van der Waals surface area contributed by atoms with Crippen LogP contribution >= 0.6 is 11.6 Å². The van der Waals surface area contributed by atoms with Gasteiger partial charge in [0.2, 0.25) is 5.88 Å². The molecule has 2 heterocycles. The quantitative estimate of drug-likeness (QED) is 0.215. The van der Waals surface area contributed by atoms with Crippen molar-refractivity contribution in [2.24, 2.45) is 0 Å². The number of piperazine rings is 1. The molecule has 1 aromatic heterocycles.